The molecule has 0 aromatic carbocycles. The van der Waals surface area contributed by atoms with E-state index in [1.807, 2.05) is 0 Å². The van der Waals surface area contributed by atoms with Crippen molar-refractivity contribution >= 4 is 11.0 Å². The van der Waals surface area contributed by atoms with E-state index in [1.54, 1.807) is 12.3 Å². The van der Waals surface area contributed by atoms with Crippen molar-refractivity contribution in [1.29, 1.82) is 0 Å². The van der Waals surface area contributed by atoms with Gasteiger partial charge in [0, 0.05) is 35.7 Å². The maximum atomic E-state index is 11.6. The van der Waals surface area contributed by atoms with E-state index >= 15 is 0 Å². The van der Waals surface area contributed by atoms with E-state index in [0.717, 1.165) is 5.39 Å². The molecule has 2 rings (SSSR count). The number of hydrogen-bond acceptors (Lipinski definition) is 4. The molecule has 7 heteroatoms. The average molecular weight is 216 g/mol. The molecule has 0 fully saturated rings. The molecule has 0 unspecified atom stereocenters. The maximum absolute atomic E-state index is 11.6. The molecule has 2 aromatic rings. The highest BCUT2D eigenvalue weighted by Crippen LogP contribution is 2.05. The number of rotatable bonds is 3. The standard InChI is InChI=1S/C9H8N6O/c10-14-13-3-4-15-8(16)2-1-7-5-11-6-12-9(7)15/h1-2,5-6H,3-4H2. The van der Waals surface area contributed by atoms with Crippen LogP contribution in [0.2, 0.25) is 0 Å². The van der Waals surface area contributed by atoms with Gasteiger partial charge >= 0.3 is 0 Å². The zero-order chi connectivity index (χ0) is 11.4. The third kappa shape index (κ3) is 1.84. The normalized spacial score (nSPS) is 10.0. The number of pyridine rings is 1. The molecule has 0 amide bonds. The van der Waals surface area contributed by atoms with Crippen LogP contribution in [0.15, 0.2) is 34.6 Å². The fourth-order valence-electron chi connectivity index (χ4n) is 1.44. The number of fused-ring (bicyclic) bond motifs is 1. The minimum Gasteiger partial charge on any atom is -0.292 e. The molecule has 2 aromatic heterocycles. The highest BCUT2D eigenvalue weighted by Gasteiger charge is 2.02. The predicted octanol–water partition coefficient (Wildman–Crippen LogP) is 1.10. The quantitative estimate of drug-likeness (QED) is 0.436. The Kier molecular flexibility index (Phi) is 2.79. The van der Waals surface area contributed by atoms with E-state index in [1.165, 1.54) is 17.0 Å². The topological polar surface area (TPSA) is 96.5 Å². The SMILES string of the molecule is [N-]=[N+]=NCCn1c(=O)ccc2cncnc21. The number of aromatic nitrogens is 3. The van der Waals surface area contributed by atoms with Gasteiger partial charge in [0.25, 0.3) is 5.56 Å². The van der Waals surface area contributed by atoms with Crippen molar-refractivity contribution in [3.63, 3.8) is 0 Å². The van der Waals surface area contributed by atoms with Crippen LogP contribution in [0.5, 0.6) is 0 Å². The van der Waals surface area contributed by atoms with Crippen molar-refractivity contribution in [2.45, 2.75) is 6.54 Å². The van der Waals surface area contributed by atoms with Crippen molar-refractivity contribution in [3.8, 4) is 0 Å². The van der Waals surface area contributed by atoms with Crippen LogP contribution in [0.1, 0.15) is 0 Å². The van der Waals surface area contributed by atoms with Gasteiger partial charge in [-0.1, -0.05) is 5.11 Å². The average Bonchev–Trinajstić information content (AvgIpc) is 2.32. The Balaban J connectivity index is 2.52. The fourth-order valence-corrected chi connectivity index (χ4v) is 1.44. The minimum atomic E-state index is -0.167. The molecule has 0 aliphatic rings. The second kappa shape index (κ2) is 4.41. The molecule has 0 aliphatic carbocycles. The van der Waals surface area contributed by atoms with Gasteiger partial charge in [-0.05, 0) is 11.6 Å². The molecule has 0 saturated heterocycles. The Morgan fingerprint density at radius 1 is 1.50 bits per heavy atom. The van der Waals surface area contributed by atoms with Crippen molar-refractivity contribution in [2.24, 2.45) is 5.11 Å². The van der Waals surface area contributed by atoms with Crippen molar-refractivity contribution in [3.05, 3.63) is 45.5 Å². The van der Waals surface area contributed by atoms with Gasteiger partial charge in [-0.3, -0.25) is 9.36 Å². The third-order valence-corrected chi connectivity index (χ3v) is 2.13. The van der Waals surface area contributed by atoms with Gasteiger partial charge < -0.3 is 0 Å². The van der Waals surface area contributed by atoms with Gasteiger partial charge in [-0.15, -0.1) is 0 Å². The van der Waals surface area contributed by atoms with Crippen LogP contribution >= 0.6 is 0 Å². The molecule has 0 saturated carbocycles. The molecule has 0 bridgehead atoms. The number of hydrogen-bond donors (Lipinski definition) is 0. The lowest BCUT2D eigenvalue weighted by Gasteiger charge is -2.05. The summed E-state index contributed by atoms with van der Waals surface area (Å²) in [5.41, 5.74) is 8.56. The summed E-state index contributed by atoms with van der Waals surface area (Å²) >= 11 is 0. The second-order valence-electron chi connectivity index (χ2n) is 3.08. The molecule has 2 heterocycles. The Bertz CT molecular complexity index is 613. The summed E-state index contributed by atoms with van der Waals surface area (Å²) in [6, 6.07) is 3.11. The summed E-state index contributed by atoms with van der Waals surface area (Å²) in [7, 11) is 0. The summed E-state index contributed by atoms with van der Waals surface area (Å²) in [4.78, 5) is 22.1. The molecule has 16 heavy (non-hydrogen) atoms. The van der Waals surface area contributed by atoms with E-state index in [9.17, 15) is 4.79 Å². The van der Waals surface area contributed by atoms with Crippen LogP contribution in [-0.4, -0.2) is 21.1 Å². The van der Waals surface area contributed by atoms with E-state index in [-0.39, 0.29) is 12.1 Å². The highest BCUT2D eigenvalue weighted by atomic mass is 16.1. The summed E-state index contributed by atoms with van der Waals surface area (Å²) < 4.78 is 1.46. The van der Waals surface area contributed by atoms with E-state index in [0.29, 0.717) is 12.2 Å². The monoisotopic (exact) mass is 216 g/mol. The zero-order valence-corrected chi connectivity index (χ0v) is 8.32. The Morgan fingerprint density at radius 3 is 3.19 bits per heavy atom. The Hall–Kier alpha value is -2.40. The van der Waals surface area contributed by atoms with Crippen LogP contribution < -0.4 is 5.56 Å². The summed E-state index contributed by atoms with van der Waals surface area (Å²) in [6.45, 7) is 0.538. The lowest BCUT2D eigenvalue weighted by atomic mass is 10.3. The van der Waals surface area contributed by atoms with Crippen molar-refractivity contribution < 1.29 is 0 Å². The molecular formula is C9H8N6O. The molecule has 80 valence electrons. The molecule has 0 radical (unpaired) electrons. The predicted molar refractivity (Wildman–Crippen MR) is 57.8 cm³/mol. The first-order valence-corrected chi connectivity index (χ1v) is 4.63. The molecule has 7 nitrogen and oxygen atoms in total. The maximum Gasteiger partial charge on any atom is 0.252 e. The number of nitrogens with zero attached hydrogens (tertiary/aromatic N) is 6. The highest BCUT2D eigenvalue weighted by molar-refractivity contribution is 5.73. The Labute approximate surface area is 90.0 Å². The zero-order valence-electron chi connectivity index (χ0n) is 8.32. The first-order valence-electron chi connectivity index (χ1n) is 4.63. The summed E-state index contributed by atoms with van der Waals surface area (Å²) in [5, 5.41) is 4.17. The van der Waals surface area contributed by atoms with E-state index < -0.39 is 0 Å². The minimum absolute atomic E-state index is 0.167. The molecule has 0 N–H and O–H groups in total. The van der Waals surface area contributed by atoms with Crippen LogP contribution in [0.25, 0.3) is 21.5 Å². The molecule has 0 aliphatic heterocycles. The second-order valence-corrected chi connectivity index (χ2v) is 3.08. The van der Waals surface area contributed by atoms with Gasteiger partial charge in [0.1, 0.15) is 12.0 Å². The third-order valence-electron chi connectivity index (χ3n) is 2.13. The Morgan fingerprint density at radius 2 is 2.38 bits per heavy atom. The summed E-state index contributed by atoms with van der Waals surface area (Å²) in [6.07, 6.45) is 3.01. The largest absolute Gasteiger partial charge is 0.292 e. The summed E-state index contributed by atoms with van der Waals surface area (Å²) in [5.74, 6) is 0. The van der Waals surface area contributed by atoms with Crippen LogP contribution in [-0.2, 0) is 6.54 Å². The smallest absolute Gasteiger partial charge is 0.252 e. The van der Waals surface area contributed by atoms with E-state index in [4.69, 9.17) is 5.53 Å². The van der Waals surface area contributed by atoms with Crippen molar-refractivity contribution in [2.75, 3.05) is 6.54 Å². The first kappa shape index (κ1) is 10.1. The van der Waals surface area contributed by atoms with E-state index in [2.05, 4.69) is 20.0 Å². The fraction of sp³-hybridized carbons (Fsp3) is 0.222. The van der Waals surface area contributed by atoms with Gasteiger partial charge in [-0.25, -0.2) is 9.97 Å². The lowest BCUT2D eigenvalue weighted by Crippen LogP contribution is -2.21. The molecule has 0 atom stereocenters. The molecular weight excluding hydrogens is 208 g/mol. The van der Waals surface area contributed by atoms with Crippen LogP contribution in [0.3, 0.4) is 0 Å². The van der Waals surface area contributed by atoms with Crippen LogP contribution in [0, 0.1) is 0 Å². The van der Waals surface area contributed by atoms with Crippen LogP contribution in [0.4, 0.5) is 0 Å². The van der Waals surface area contributed by atoms with Crippen molar-refractivity contribution in [1.82, 2.24) is 14.5 Å². The lowest BCUT2D eigenvalue weighted by molar-refractivity contribution is 0.697. The van der Waals surface area contributed by atoms with Gasteiger partial charge in [0.2, 0.25) is 0 Å². The van der Waals surface area contributed by atoms with Gasteiger partial charge in [0.05, 0.1) is 0 Å². The van der Waals surface area contributed by atoms with Gasteiger partial charge in [0.15, 0.2) is 0 Å². The first-order chi connectivity index (χ1) is 7.83. The molecule has 0 spiro atoms. The van der Waals surface area contributed by atoms with Gasteiger partial charge in [-0.2, -0.15) is 0 Å². The number of azide groups is 1.